The molecule has 1 aliphatic rings. The highest BCUT2D eigenvalue weighted by molar-refractivity contribution is 7.90. The van der Waals surface area contributed by atoms with Gasteiger partial charge in [0.2, 0.25) is 20.0 Å². The van der Waals surface area contributed by atoms with Crippen molar-refractivity contribution in [3.05, 3.63) is 11.5 Å². The van der Waals surface area contributed by atoms with Crippen LogP contribution in [0, 0.1) is 13.8 Å². The SMILES string of the molecule is Cc1noc(C)c1S(=O)(=O)N1CCCC(S(N)(=O)=O)C1. The molecule has 10 heteroatoms. The highest BCUT2D eigenvalue weighted by Gasteiger charge is 2.37. The molecule has 0 radical (unpaired) electrons. The van der Waals surface area contributed by atoms with Gasteiger partial charge in [-0.15, -0.1) is 0 Å². The molecule has 1 aromatic heterocycles. The van der Waals surface area contributed by atoms with Gasteiger partial charge in [-0.25, -0.2) is 22.0 Å². The number of nitrogens with two attached hydrogens (primary N) is 1. The molecule has 1 fully saturated rings. The first-order chi connectivity index (χ1) is 9.14. The summed E-state index contributed by atoms with van der Waals surface area (Å²) >= 11 is 0. The summed E-state index contributed by atoms with van der Waals surface area (Å²) in [4.78, 5) is 0.00701. The van der Waals surface area contributed by atoms with E-state index in [1.54, 1.807) is 0 Å². The Morgan fingerprint density at radius 3 is 2.45 bits per heavy atom. The third-order valence-electron chi connectivity index (χ3n) is 3.37. The van der Waals surface area contributed by atoms with Gasteiger partial charge in [0, 0.05) is 13.1 Å². The lowest BCUT2D eigenvalue weighted by Gasteiger charge is -2.30. The van der Waals surface area contributed by atoms with E-state index in [0.29, 0.717) is 12.8 Å². The lowest BCUT2D eigenvalue weighted by Crippen LogP contribution is -2.47. The Balaban J connectivity index is 2.36. The number of rotatable bonds is 3. The number of aromatic nitrogens is 1. The Hall–Kier alpha value is -0.970. The van der Waals surface area contributed by atoms with Crippen LogP contribution in [0.15, 0.2) is 9.42 Å². The summed E-state index contributed by atoms with van der Waals surface area (Å²) < 4.78 is 53.9. The van der Waals surface area contributed by atoms with Crippen LogP contribution >= 0.6 is 0 Å². The first-order valence-corrected chi connectivity index (χ1v) is 9.13. The average molecular weight is 323 g/mol. The second-order valence-corrected chi connectivity index (χ2v) is 8.59. The van der Waals surface area contributed by atoms with Crippen LogP contribution in [0.3, 0.4) is 0 Å². The Morgan fingerprint density at radius 2 is 1.95 bits per heavy atom. The molecule has 2 heterocycles. The van der Waals surface area contributed by atoms with E-state index in [1.165, 1.54) is 13.8 Å². The minimum absolute atomic E-state index is 0.00701. The number of sulfonamides is 2. The van der Waals surface area contributed by atoms with Gasteiger partial charge in [0.1, 0.15) is 10.6 Å². The summed E-state index contributed by atoms with van der Waals surface area (Å²) in [7, 11) is -7.57. The van der Waals surface area contributed by atoms with E-state index >= 15 is 0 Å². The van der Waals surface area contributed by atoms with Crippen molar-refractivity contribution in [1.82, 2.24) is 9.46 Å². The Morgan fingerprint density at radius 1 is 1.30 bits per heavy atom. The van der Waals surface area contributed by atoms with Crippen LogP contribution < -0.4 is 5.14 Å². The van der Waals surface area contributed by atoms with Crippen LogP contribution in [0.1, 0.15) is 24.3 Å². The van der Waals surface area contributed by atoms with Crippen LogP contribution in [0.4, 0.5) is 0 Å². The Labute approximate surface area is 118 Å². The van der Waals surface area contributed by atoms with Crippen LogP contribution in [-0.2, 0) is 20.0 Å². The fraction of sp³-hybridized carbons (Fsp3) is 0.700. The lowest BCUT2D eigenvalue weighted by molar-refractivity contribution is 0.344. The summed E-state index contributed by atoms with van der Waals surface area (Å²) in [6.07, 6.45) is 0.816. The smallest absolute Gasteiger partial charge is 0.248 e. The molecule has 0 spiro atoms. The molecule has 1 unspecified atom stereocenters. The van der Waals surface area contributed by atoms with Gasteiger partial charge in [0.25, 0.3) is 0 Å². The van der Waals surface area contributed by atoms with Crippen molar-refractivity contribution >= 4 is 20.0 Å². The molecule has 2 N–H and O–H groups in total. The Kier molecular flexibility index (Phi) is 3.93. The monoisotopic (exact) mass is 323 g/mol. The molecule has 114 valence electrons. The summed E-state index contributed by atoms with van der Waals surface area (Å²) in [5.74, 6) is 0.195. The van der Waals surface area contributed by atoms with Gasteiger partial charge >= 0.3 is 0 Å². The van der Waals surface area contributed by atoms with E-state index in [9.17, 15) is 16.8 Å². The number of aryl methyl sites for hydroxylation is 2. The zero-order chi connectivity index (χ0) is 15.1. The predicted molar refractivity (Wildman–Crippen MR) is 70.9 cm³/mol. The molecule has 1 saturated heterocycles. The normalized spacial score (nSPS) is 22.1. The number of piperidine rings is 1. The zero-order valence-electron chi connectivity index (χ0n) is 11.2. The molecule has 0 amide bonds. The predicted octanol–water partition coefficient (Wildman–Crippen LogP) is -0.267. The fourth-order valence-corrected chi connectivity index (χ4v) is 5.16. The number of hydrogen-bond acceptors (Lipinski definition) is 6. The molecule has 2 rings (SSSR count). The first-order valence-electron chi connectivity index (χ1n) is 6.08. The Bertz CT molecular complexity index is 688. The van der Waals surface area contributed by atoms with E-state index in [4.69, 9.17) is 9.66 Å². The van der Waals surface area contributed by atoms with Crippen molar-refractivity contribution < 1.29 is 21.4 Å². The molecule has 8 nitrogen and oxygen atoms in total. The molecular formula is C10H17N3O5S2. The molecular weight excluding hydrogens is 306 g/mol. The van der Waals surface area contributed by atoms with Gasteiger partial charge in [0.05, 0.1) is 5.25 Å². The van der Waals surface area contributed by atoms with Crippen molar-refractivity contribution in [2.75, 3.05) is 13.1 Å². The van der Waals surface area contributed by atoms with Crippen LogP contribution in [0.5, 0.6) is 0 Å². The zero-order valence-corrected chi connectivity index (χ0v) is 12.9. The number of nitrogens with zero attached hydrogens (tertiary/aromatic N) is 2. The highest BCUT2D eigenvalue weighted by Crippen LogP contribution is 2.27. The molecule has 0 aliphatic carbocycles. The molecule has 0 aromatic carbocycles. The van der Waals surface area contributed by atoms with Crippen molar-refractivity contribution in [2.45, 2.75) is 36.8 Å². The van der Waals surface area contributed by atoms with Crippen LogP contribution in [0.2, 0.25) is 0 Å². The summed E-state index contributed by atoms with van der Waals surface area (Å²) in [5.41, 5.74) is 0.264. The van der Waals surface area contributed by atoms with Gasteiger partial charge in [-0.2, -0.15) is 4.31 Å². The molecule has 1 aromatic rings. The van der Waals surface area contributed by atoms with Crippen molar-refractivity contribution in [3.63, 3.8) is 0 Å². The van der Waals surface area contributed by atoms with Crippen LogP contribution in [0.25, 0.3) is 0 Å². The fourth-order valence-electron chi connectivity index (χ4n) is 2.36. The maximum Gasteiger partial charge on any atom is 0.248 e. The minimum Gasteiger partial charge on any atom is -0.360 e. The maximum atomic E-state index is 12.6. The molecule has 0 saturated carbocycles. The van der Waals surface area contributed by atoms with Gasteiger partial charge in [-0.05, 0) is 26.7 Å². The third kappa shape index (κ3) is 2.73. The molecule has 1 atom stereocenters. The van der Waals surface area contributed by atoms with E-state index < -0.39 is 25.3 Å². The number of primary sulfonamides is 1. The van der Waals surface area contributed by atoms with Crippen LogP contribution in [-0.4, -0.2) is 44.6 Å². The van der Waals surface area contributed by atoms with E-state index in [1.807, 2.05) is 0 Å². The molecule has 1 aliphatic heterocycles. The van der Waals surface area contributed by atoms with Gasteiger partial charge in [-0.3, -0.25) is 0 Å². The largest absolute Gasteiger partial charge is 0.360 e. The minimum atomic E-state index is -3.82. The van der Waals surface area contributed by atoms with Gasteiger partial charge in [0.15, 0.2) is 5.76 Å². The van der Waals surface area contributed by atoms with Crippen molar-refractivity contribution in [3.8, 4) is 0 Å². The lowest BCUT2D eigenvalue weighted by atomic mass is 10.2. The summed E-state index contributed by atoms with van der Waals surface area (Å²) in [6, 6.07) is 0. The summed E-state index contributed by atoms with van der Waals surface area (Å²) in [5, 5.41) is 7.87. The molecule has 0 bridgehead atoms. The second kappa shape index (κ2) is 5.10. The van der Waals surface area contributed by atoms with E-state index in [0.717, 1.165) is 4.31 Å². The van der Waals surface area contributed by atoms with E-state index in [2.05, 4.69) is 5.16 Å². The quantitative estimate of drug-likeness (QED) is 0.817. The summed E-state index contributed by atoms with van der Waals surface area (Å²) in [6.45, 7) is 3.17. The number of hydrogen-bond donors (Lipinski definition) is 1. The highest BCUT2D eigenvalue weighted by atomic mass is 32.2. The van der Waals surface area contributed by atoms with Crippen molar-refractivity contribution in [1.29, 1.82) is 0 Å². The van der Waals surface area contributed by atoms with Crippen molar-refractivity contribution in [2.24, 2.45) is 5.14 Å². The first kappa shape index (κ1) is 15.4. The second-order valence-electron chi connectivity index (χ2n) is 4.87. The topological polar surface area (TPSA) is 124 Å². The maximum absolute atomic E-state index is 12.6. The average Bonchev–Trinajstić information content (AvgIpc) is 2.68. The standard InChI is InChI=1S/C10H17N3O5S2/c1-7-10(8(2)18-12-7)20(16,17)13-5-3-4-9(6-13)19(11,14)15/h9H,3-6H2,1-2H3,(H2,11,14,15). The molecule has 20 heavy (non-hydrogen) atoms. The third-order valence-corrected chi connectivity index (χ3v) is 6.80. The van der Waals surface area contributed by atoms with Gasteiger partial charge < -0.3 is 4.52 Å². The van der Waals surface area contributed by atoms with E-state index in [-0.39, 0.29) is 29.4 Å². The van der Waals surface area contributed by atoms with Gasteiger partial charge in [-0.1, -0.05) is 5.16 Å².